The number of nitrogens with two attached hydrogens (primary N) is 1. The van der Waals surface area contributed by atoms with Crippen LogP contribution in [0.25, 0.3) is 11.2 Å². The van der Waals surface area contributed by atoms with Crippen molar-refractivity contribution in [2.24, 2.45) is 0 Å². The van der Waals surface area contributed by atoms with Gasteiger partial charge in [0.25, 0.3) is 0 Å². The van der Waals surface area contributed by atoms with Gasteiger partial charge in [0.2, 0.25) is 0 Å². The van der Waals surface area contributed by atoms with Gasteiger partial charge in [-0.1, -0.05) is 0 Å². The van der Waals surface area contributed by atoms with Gasteiger partial charge in [0.05, 0.1) is 25.6 Å². The van der Waals surface area contributed by atoms with Crippen LogP contribution in [0.15, 0.2) is 11.1 Å². The number of hydrogen-bond acceptors (Lipinski definition) is 6. The van der Waals surface area contributed by atoms with Crippen molar-refractivity contribution >= 4 is 17.0 Å². The molecule has 8 nitrogen and oxygen atoms in total. The first-order chi connectivity index (χ1) is 8.65. The van der Waals surface area contributed by atoms with Crippen molar-refractivity contribution in [3.63, 3.8) is 0 Å². The SMILES string of the molecule is COCC(Cn1cnc2c(N)[nH]c(=O)nc21)OC. The van der Waals surface area contributed by atoms with Crippen LogP contribution in [0, 0.1) is 0 Å². The third kappa shape index (κ3) is 2.34. The Kier molecular flexibility index (Phi) is 3.58. The van der Waals surface area contributed by atoms with Crippen LogP contribution < -0.4 is 11.4 Å². The lowest BCUT2D eigenvalue weighted by Gasteiger charge is -2.14. The molecule has 0 saturated carbocycles. The van der Waals surface area contributed by atoms with Crippen LogP contribution in [0.3, 0.4) is 0 Å². The number of nitrogens with zero attached hydrogens (tertiary/aromatic N) is 3. The fraction of sp³-hybridized carbons (Fsp3) is 0.500. The minimum Gasteiger partial charge on any atom is -0.383 e. The molecule has 2 heterocycles. The third-order valence-corrected chi connectivity index (χ3v) is 2.60. The van der Waals surface area contributed by atoms with Gasteiger partial charge in [0.15, 0.2) is 5.65 Å². The number of nitrogens with one attached hydrogen (secondary N) is 1. The van der Waals surface area contributed by atoms with Crippen molar-refractivity contribution in [1.29, 1.82) is 0 Å². The molecule has 0 aliphatic heterocycles. The Balaban J connectivity index is 2.37. The molecule has 0 aromatic carbocycles. The van der Waals surface area contributed by atoms with Crippen LogP contribution in [0.5, 0.6) is 0 Å². The summed E-state index contributed by atoms with van der Waals surface area (Å²) < 4.78 is 12.0. The molecule has 0 aliphatic rings. The molecule has 8 heteroatoms. The van der Waals surface area contributed by atoms with Crippen LogP contribution in [0.1, 0.15) is 0 Å². The first-order valence-electron chi connectivity index (χ1n) is 5.38. The maximum absolute atomic E-state index is 11.3. The van der Waals surface area contributed by atoms with Gasteiger partial charge in [-0.05, 0) is 0 Å². The molecule has 2 rings (SSSR count). The number of imidazole rings is 1. The Bertz CT molecular complexity index is 591. The highest BCUT2D eigenvalue weighted by Gasteiger charge is 2.13. The van der Waals surface area contributed by atoms with E-state index in [1.165, 1.54) is 0 Å². The zero-order valence-electron chi connectivity index (χ0n) is 10.2. The van der Waals surface area contributed by atoms with Crippen LogP contribution in [-0.2, 0) is 16.0 Å². The number of nitrogen functional groups attached to an aromatic ring is 1. The molecular weight excluding hydrogens is 238 g/mol. The average molecular weight is 253 g/mol. The van der Waals surface area contributed by atoms with Crippen LogP contribution >= 0.6 is 0 Å². The average Bonchev–Trinajstić information content (AvgIpc) is 2.72. The molecule has 3 N–H and O–H groups in total. The maximum Gasteiger partial charge on any atom is 0.348 e. The van der Waals surface area contributed by atoms with Gasteiger partial charge in [-0.2, -0.15) is 4.98 Å². The predicted molar refractivity (Wildman–Crippen MR) is 65.2 cm³/mol. The highest BCUT2D eigenvalue weighted by molar-refractivity contribution is 5.81. The molecule has 0 spiro atoms. The van der Waals surface area contributed by atoms with Gasteiger partial charge in [-0.3, -0.25) is 4.98 Å². The summed E-state index contributed by atoms with van der Waals surface area (Å²) >= 11 is 0. The molecule has 0 aliphatic carbocycles. The summed E-state index contributed by atoms with van der Waals surface area (Å²) in [5, 5.41) is 0. The molecule has 0 fully saturated rings. The fourth-order valence-corrected chi connectivity index (χ4v) is 1.72. The predicted octanol–water partition coefficient (Wildman–Crippen LogP) is -0.637. The summed E-state index contributed by atoms with van der Waals surface area (Å²) in [6.45, 7) is 0.922. The maximum atomic E-state index is 11.3. The van der Waals surface area contributed by atoms with Gasteiger partial charge < -0.3 is 19.8 Å². The second kappa shape index (κ2) is 5.15. The van der Waals surface area contributed by atoms with Gasteiger partial charge >= 0.3 is 5.69 Å². The lowest BCUT2D eigenvalue weighted by atomic mass is 10.3. The van der Waals surface area contributed by atoms with Crippen LogP contribution in [-0.4, -0.2) is 46.4 Å². The number of fused-ring (bicyclic) bond motifs is 1. The molecule has 1 atom stereocenters. The number of hydrogen-bond donors (Lipinski definition) is 2. The second-order valence-electron chi connectivity index (χ2n) is 3.84. The number of aromatic nitrogens is 4. The zero-order valence-corrected chi connectivity index (χ0v) is 10.2. The molecule has 0 saturated heterocycles. The summed E-state index contributed by atoms with van der Waals surface area (Å²) in [6, 6.07) is 0. The minimum absolute atomic E-state index is 0.144. The normalized spacial score (nSPS) is 13.0. The molecule has 98 valence electrons. The second-order valence-corrected chi connectivity index (χ2v) is 3.84. The van der Waals surface area contributed by atoms with Gasteiger partial charge in [0.1, 0.15) is 11.3 Å². The zero-order chi connectivity index (χ0) is 13.1. The number of methoxy groups -OCH3 is 2. The highest BCUT2D eigenvalue weighted by Crippen LogP contribution is 2.13. The molecule has 0 amide bonds. The topological polar surface area (TPSA) is 108 Å². The Labute approximate surface area is 103 Å². The summed E-state index contributed by atoms with van der Waals surface area (Å²) in [6.07, 6.45) is 1.43. The Morgan fingerprint density at radius 3 is 3.00 bits per heavy atom. The number of aromatic amines is 1. The van der Waals surface area contributed by atoms with Crippen LogP contribution in [0.4, 0.5) is 5.82 Å². The van der Waals surface area contributed by atoms with E-state index < -0.39 is 5.69 Å². The molecular formula is C10H15N5O3. The molecule has 0 radical (unpaired) electrons. The van der Waals surface area contributed by atoms with Crippen LogP contribution in [0.2, 0.25) is 0 Å². The van der Waals surface area contributed by atoms with E-state index in [4.69, 9.17) is 15.2 Å². The van der Waals surface area contributed by atoms with E-state index in [-0.39, 0.29) is 11.9 Å². The monoisotopic (exact) mass is 253 g/mol. The number of rotatable bonds is 5. The molecule has 18 heavy (non-hydrogen) atoms. The quantitative estimate of drug-likeness (QED) is 0.734. The smallest absolute Gasteiger partial charge is 0.348 e. The van der Waals surface area contributed by atoms with Crippen molar-refractivity contribution in [2.45, 2.75) is 12.6 Å². The van der Waals surface area contributed by atoms with Crippen molar-refractivity contribution < 1.29 is 9.47 Å². The molecule has 1 unspecified atom stereocenters. The first-order valence-corrected chi connectivity index (χ1v) is 5.38. The van der Waals surface area contributed by atoms with Gasteiger partial charge in [0, 0.05) is 14.2 Å². The van der Waals surface area contributed by atoms with Crippen molar-refractivity contribution in [1.82, 2.24) is 19.5 Å². The Morgan fingerprint density at radius 1 is 1.56 bits per heavy atom. The number of H-pyrrole nitrogens is 1. The first kappa shape index (κ1) is 12.5. The van der Waals surface area contributed by atoms with E-state index in [0.29, 0.717) is 24.3 Å². The molecule has 2 aromatic heterocycles. The van der Waals surface area contributed by atoms with Gasteiger partial charge in [-0.25, -0.2) is 9.78 Å². The van der Waals surface area contributed by atoms with Crippen molar-refractivity contribution in [3.8, 4) is 0 Å². The molecule has 0 bridgehead atoms. The van der Waals surface area contributed by atoms with Crippen molar-refractivity contribution in [3.05, 3.63) is 16.8 Å². The van der Waals surface area contributed by atoms with Crippen molar-refractivity contribution in [2.75, 3.05) is 26.6 Å². The summed E-state index contributed by atoms with van der Waals surface area (Å²) in [4.78, 5) is 21.7. The lowest BCUT2D eigenvalue weighted by Crippen LogP contribution is -2.24. The standard InChI is InChI=1S/C10H15N5O3/c1-17-4-6(18-2)3-15-5-12-7-8(11)13-10(16)14-9(7)15/h5-6H,3-4H2,1-2H3,(H3,11,13,14,16). The van der Waals surface area contributed by atoms with Gasteiger partial charge in [-0.15, -0.1) is 0 Å². The largest absolute Gasteiger partial charge is 0.383 e. The Hall–Kier alpha value is -1.93. The molecule has 2 aromatic rings. The number of anilines is 1. The summed E-state index contributed by atoms with van der Waals surface area (Å²) in [5.41, 5.74) is 6.08. The fourth-order valence-electron chi connectivity index (χ4n) is 1.72. The van der Waals surface area contributed by atoms with E-state index in [0.717, 1.165) is 0 Å². The van der Waals surface area contributed by atoms with E-state index >= 15 is 0 Å². The van der Waals surface area contributed by atoms with E-state index in [2.05, 4.69) is 15.0 Å². The van der Waals surface area contributed by atoms with E-state index in [9.17, 15) is 4.79 Å². The summed E-state index contributed by atoms with van der Waals surface area (Å²) in [5.74, 6) is 0.212. The van der Waals surface area contributed by atoms with E-state index in [1.54, 1.807) is 25.1 Å². The Morgan fingerprint density at radius 2 is 2.33 bits per heavy atom. The third-order valence-electron chi connectivity index (χ3n) is 2.60. The lowest BCUT2D eigenvalue weighted by molar-refractivity contribution is 0.0189. The van der Waals surface area contributed by atoms with E-state index in [1.807, 2.05) is 0 Å². The number of ether oxygens (including phenoxy) is 2. The highest BCUT2D eigenvalue weighted by atomic mass is 16.5. The minimum atomic E-state index is -0.498. The summed E-state index contributed by atoms with van der Waals surface area (Å²) in [7, 11) is 3.19.